The minimum Gasteiger partial charge on any atom is -0.493 e. The molecule has 0 aliphatic carbocycles. The molecule has 3 heterocycles. The highest BCUT2D eigenvalue weighted by Crippen LogP contribution is 2.32. The molecule has 0 spiro atoms. The van der Waals surface area contributed by atoms with Crippen molar-refractivity contribution in [3.63, 3.8) is 0 Å². The highest BCUT2D eigenvalue weighted by atomic mass is 32.2. The highest BCUT2D eigenvalue weighted by Gasteiger charge is 2.36. The van der Waals surface area contributed by atoms with Crippen LogP contribution in [0.2, 0.25) is 0 Å². The first kappa shape index (κ1) is 29.5. The van der Waals surface area contributed by atoms with Gasteiger partial charge >= 0.3 is 0 Å². The van der Waals surface area contributed by atoms with Crippen LogP contribution in [0.5, 0.6) is 5.75 Å². The summed E-state index contributed by atoms with van der Waals surface area (Å²) in [7, 11) is -1.87. The number of nitrogens with zero attached hydrogens (tertiary/aromatic N) is 4. The summed E-state index contributed by atoms with van der Waals surface area (Å²) in [5.74, 6) is 0.980. The van der Waals surface area contributed by atoms with Crippen LogP contribution in [0.15, 0.2) is 53.4 Å². The van der Waals surface area contributed by atoms with Gasteiger partial charge in [0.25, 0.3) is 0 Å². The number of ether oxygens (including phenoxy) is 1. The minimum atomic E-state index is -3.95. The number of likely N-dealkylation sites (N-methyl/N-ethyl adjacent to an activating group) is 1. The number of piperazine rings is 1. The summed E-state index contributed by atoms with van der Waals surface area (Å²) >= 11 is 0. The molecule has 2 aromatic rings. The highest BCUT2D eigenvalue weighted by molar-refractivity contribution is 7.89. The standard InChI is InChI=1S/C31H42N4O5S/c1-24-9-11-28(12-10-24)41(38,39)35-22-27-6-3-4-8-29(27)40-19-5-7-26-21-34(31(37)23-35)14-13-25(26)20-30(36)33-17-15-32(2)16-18-33/h3-4,6,8-12,25-26H,5,7,13-23H2,1-2H3/t25-,26-/m0/s1. The summed E-state index contributed by atoms with van der Waals surface area (Å²) in [5, 5.41) is 0. The molecule has 222 valence electrons. The Morgan fingerprint density at radius 3 is 2.44 bits per heavy atom. The first-order valence-corrected chi connectivity index (χ1v) is 16.2. The molecule has 2 bridgehead atoms. The topological polar surface area (TPSA) is 90.5 Å². The maximum atomic E-state index is 13.8. The number of fused-ring (bicyclic) bond motifs is 3. The molecule has 0 N–H and O–H groups in total. The summed E-state index contributed by atoms with van der Waals surface area (Å²) in [5.41, 5.74) is 1.69. The molecular weight excluding hydrogens is 540 g/mol. The number of rotatable bonds is 4. The van der Waals surface area contributed by atoms with Crippen molar-refractivity contribution in [2.75, 3.05) is 59.5 Å². The zero-order valence-electron chi connectivity index (χ0n) is 24.2. The van der Waals surface area contributed by atoms with Crippen LogP contribution in [0, 0.1) is 18.8 Å². The quantitative estimate of drug-likeness (QED) is 0.551. The van der Waals surface area contributed by atoms with Gasteiger partial charge in [0, 0.05) is 57.8 Å². The molecule has 3 aliphatic heterocycles. The molecule has 0 saturated carbocycles. The van der Waals surface area contributed by atoms with Crippen molar-refractivity contribution < 1.29 is 22.7 Å². The fourth-order valence-corrected chi connectivity index (χ4v) is 7.51. The van der Waals surface area contributed by atoms with Gasteiger partial charge in [0.1, 0.15) is 5.75 Å². The van der Waals surface area contributed by atoms with E-state index in [9.17, 15) is 18.0 Å². The van der Waals surface area contributed by atoms with Crippen molar-refractivity contribution in [2.24, 2.45) is 11.8 Å². The van der Waals surface area contributed by atoms with Gasteiger partial charge in [-0.3, -0.25) is 9.59 Å². The van der Waals surface area contributed by atoms with E-state index in [4.69, 9.17) is 4.74 Å². The number of amides is 2. The third-order valence-corrected chi connectivity index (χ3v) is 10.6. The molecule has 0 radical (unpaired) electrons. The van der Waals surface area contributed by atoms with E-state index >= 15 is 0 Å². The summed E-state index contributed by atoms with van der Waals surface area (Å²) in [6.45, 7) is 6.56. The number of piperidine rings is 1. The lowest BCUT2D eigenvalue weighted by Crippen LogP contribution is -2.50. The number of hydrogen-bond donors (Lipinski definition) is 0. The van der Waals surface area contributed by atoms with Crippen molar-refractivity contribution >= 4 is 21.8 Å². The van der Waals surface area contributed by atoms with Gasteiger partial charge in [-0.2, -0.15) is 4.31 Å². The molecule has 2 atom stereocenters. The van der Waals surface area contributed by atoms with Crippen molar-refractivity contribution in [1.29, 1.82) is 0 Å². The molecule has 0 aromatic heterocycles. The van der Waals surface area contributed by atoms with Crippen LogP contribution in [0.4, 0.5) is 0 Å². The van der Waals surface area contributed by atoms with E-state index in [1.165, 1.54) is 4.31 Å². The van der Waals surface area contributed by atoms with Crippen LogP contribution in [0.3, 0.4) is 0 Å². The van der Waals surface area contributed by atoms with Gasteiger partial charge in [0.2, 0.25) is 21.8 Å². The number of sulfonamides is 1. The number of hydrogen-bond acceptors (Lipinski definition) is 6. The predicted molar refractivity (Wildman–Crippen MR) is 157 cm³/mol. The molecular formula is C31H42N4O5S. The summed E-state index contributed by atoms with van der Waals surface area (Å²) < 4.78 is 35.1. The van der Waals surface area contributed by atoms with Gasteiger partial charge in [-0.15, -0.1) is 0 Å². The first-order valence-electron chi connectivity index (χ1n) is 14.7. The Balaban J connectivity index is 1.37. The van der Waals surface area contributed by atoms with E-state index in [2.05, 4.69) is 11.9 Å². The zero-order chi connectivity index (χ0) is 29.0. The van der Waals surface area contributed by atoms with Gasteiger partial charge in [-0.25, -0.2) is 8.42 Å². The molecule has 3 aliphatic rings. The average Bonchev–Trinajstić information content (AvgIpc) is 2.97. The molecule has 10 heteroatoms. The van der Waals surface area contributed by atoms with Crippen LogP contribution in [-0.4, -0.2) is 98.7 Å². The Morgan fingerprint density at radius 1 is 0.951 bits per heavy atom. The van der Waals surface area contributed by atoms with Crippen LogP contribution >= 0.6 is 0 Å². The van der Waals surface area contributed by atoms with E-state index in [0.717, 1.165) is 56.6 Å². The smallest absolute Gasteiger partial charge is 0.243 e. The number of carbonyl (C=O) groups is 2. The normalized spacial score (nSPS) is 23.5. The van der Waals surface area contributed by atoms with Gasteiger partial charge < -0.3 is 19.4 Å². The molecule has 0 unspecified atom stereocenters. The second kappa shape index (κ2) is 12.9. The van der Waals surface area contributed by atoms with Crippen molar-refractivity contribution in [2.45, 2.75) is 44.0 Å². The van der Waals surface area contributed by atoms with E-state index in [0.29, 0.717) is 31.9 Å². The molecule has 5 rings (SSSR count). The van der Waals surface area contributed by atoms with E-state index in [1.807, 2.05) is 41.0 Å². The lowest BCUT2D eigenvalue weighted by Gasteiger charge is -2.40. The van der Waals surface area contributed by atoms with Gasteiger partial charge in [0.05, 0.1) is 18.0 Å². The summed E-state index contributed by atoms with van der Waals surface area (Å²) in [6, 6.07) is 14.2. The minimum absolute atomic E-state index is 0.0392. The third kappa shape index (κ3) is 7.10. The monoisotopic (exact) mass is 582 g/mol. The average molecular weight is 583 g/mol. The molecule has 2 saturated heterocycles. The SMILES string of the molecule is Cc1ccc(S(=O)(=O)N2CC(=O)N3CC[C@@H](CC(=O)N4CCN(C)CC4)[C@@H](CCCOc4ccccc4C2)C3)cc1. The maximum Gasteiger partial charge on any atom is 0.243 e. The molecule has 2 aromatic carbocycles. The van der Waals surface area contributed by atoms with Gasteiger partial charge in [-0.1, -0.05) is 35.9 Å². The largest absolute Gasteiger partial charge is 0.493 e. The Morgan fingerprint density at radius 2 is 1.68 bits per heavy atom. The molecule has 41 heavy (non-hydrogen) atoms. The fourth-order valence-electron chi connectivity index (χ4n) is 6.14. The van der Waals surface area contributed by atoms with Crippen LogP contribution < -0.4 is 4.74 Å². The van der Waals surface area contributed by atoms with E-state index in [1.54, 1.807) is 24.3 Å². The third-order valence-electron chi connectivity index (χ3n) is 8.80. The van der Waals surface area contributed by atoms with E-state index in [-0.39, 0.29) is 41.6 Å². The van der Waals surface area contributed by atoms with Crippen LogP contribution in [0.1, 0.15) is 36.8 Å². The fraction of sp³-hybridized carbons (Fsp3) is 0.548. The molecule has 9 nitrogen and oxygen atoms in total. The van der Waals surface area contributed by atoms with Crippen LogP contribution in [0.25, 0.3) is 0 Å². The van der Waals surface area contributed by atoms with Crippen LogP contribution in [-0.2, 0) is 26.2 Å². The molecule has 2 fully saturated rings. The van der Waals surface area contributed by atoms with Gasteiger partial charge in [-0.05, 0) is 63.3 Å². The second-order valence-electron chi connectivity index (χ2n) is 11.7. The van der Waals surface area contributed by atoms with Gasteiger partial charge in [0.15, 0.2) is 0 Å². The lowest BCUT2D eigenvalue weighted by atomic mass is 9.80. The Bertz CT molecular complexity index is 1320. The van der Waals surface area contributed by atoms with Crippen molar-refractivity contribution in [3.8, 4) is 5.75 Å². The first-order chi connectivity index (χ1) is 19.7. The summed E-state index contributed by atoms with van der Waals surface area (Å²) in [6.07, 6.45) is 2.87. The number of aryl methyl sites for hydroxylation is 1. The lowest BCUT2D eigenvalue weighted by molar-refractivity contribution is -0.137. The summed E-state index contributed by atoms with van der Waals surface area (Å²) in [4.78, 5) is 33.1. The zero-order valence-corrected chi connectivity index (χ0v) is 25.0. The Hall–Kier alpha value is -2.95. The predicted octanol–water partition coefficient (Wildman–Crippen LogP) is 2.99. The number of benzene rings is 2. The maximum absolute atomic E-state index is 13.8. The Labute approximate surface area is 244 Å². The molecule has 2 amide bonds. The number of para-hydroxylation sites is 1. The van der Waals surface area contributed by atoms with Crippen molar-refractivity contribution in [1.82, 2.24) is 19.0 Å². The van der Waals surface area contributed by atoms with Crippen molar-refractivity contribution in [3.05, 3.63) is 59.7 Å². The number of carbonyl (C=O) groups excluding carboxylic acids is 2. The van der Waals surface area contributed by atoms with E-state index < -0.39 is 10.0 Å². The second-order valence-corrected chi connectivity index (χ2v) is 13.7. The Kier molecular flexibility index (Phi) is 9.31.